The highest BCUT2D eigenvalue weighted by atomic mass is 16.4. The van der Waals surface area contributed by atoms with E-state index in [2.05, 4.69) is 15.1 Å². The molecule has 3 rings (SSSR count). The summed E-state index contributed by atoms with van der Waals surface area (Å²) in [4.78, 5) is 42.7. The quantitative estimate of drug-likeness (QED) is 0.720. The van der Waals surface area contributed by atoms with Gasteiger partial charge in [0.1, 0.15) is 0 Å². The highest BCUT2D eigenvalue weighted by molar-refractivity contribution is 6.01. The Kier molecular flexibility index (Phi) is 7.90. The first-order valence-electron chi connectivity index (χ1n) is 11.3. The third-order valence-corrected chi connectivity index (χ3v) is 6.07. The summed E-state index contributed by atoms with van der Waals surface area (Å²) < 4.78 is 0. The number of aromatic carboxylic acids is 1. The van der Waals surface area contributed by atoms with E-state index in [1.54, 1.807) is 26.0 Å². The fourth-order valence-electron chi connectivity index (χ4n) is 4.07. The Bertz CT molecular complexity index is 795. The van der Waals surface area contributed by atoms with E-state index < -0.39 is 5.97 Å². The molecule has 1 aromatic rings. The van der Waals surface area contributed by atoms with Crippen molar-refractivity contribution in [2.24, 2.45) is 5.92 Å². The van der Waals surface area contributed by atoms with Gasteiger partial charge < -0.3 is 20.2 Å². The first-order valence-corrected chi connectivity index (χ1v) is 11.3. The molecule has 2 saturated heterocycles. The maximum Gasteiger partial charge on any atom is 0.337 e. The molecule has 31 heavy (non-hydrogen) atoms. The molecule has 2 N–H and O–H groups in total. The maximum atomic E-state index is 12.6. The fraction of sp³-hybridized carbons (Fsp3) is 0.609. The molecule has 0 unspecified atom stereocenters. The van der Waals surface area contributed by atoms with Gasteiger partial charge in [0.25, 0.3) is 0 Å². The molecule has 2 aliphatic rings. The number of carbonyl (C=O) groups is 3. The number of carboxylic acid groups (broad SMARTS) is 1. The van der Waals surface area contributed by atoms with Crippen molar-refractivity contribution in [2.45, 2.75) is 39.5 Å². The lowest BCUT2D eigenvalue weighted by Gasteiger charge is -2.36. The van der Waals surface area contributed by atoms with Gasteiger partial charge in [0.05, 0.1) is 17.8 Å². The van der Waals surface area contributed by atoms with E-state index in [-0.39, 0.29) is 23.3 Å². The molecular weight excluding hydrogens is 396 g/mol. The highest BCUT2D eigenvalue weighted by Crippen LogP contribution is 2.25. The molecule has 0 saturated carbocycles. The Balaban J connectivity index is 1.58. The number of amides is 2. The second-order valence-electron chi connectivity index (χ2n) is 8.74. The van der Waals surface area contributed by atoms with Crippen molar-refractivity contribution in [2.75, 3.05) is 56.0 Å². The number of carbonyl (C=O) groups excluding carboxylic acids is 2. The van der Waals surface area contributed by atoms with Crippen LogP contribution in [0.5, 0.6) is 0 Å². The molecule has 0 aliphatic carbocycles. The second kappa shape index (κ2) is 10.6. The van der Waals surface area contributed by atoms with Gasteiger partial charge in [0.2, 0.25) is 11.8 Å². The summed E-state index contributed by atoms with van der Waals surface area (Å²) in [6.45, 7) is 8.69. The van der Waals surface area contributed by atoms with E-state index >= 15 is 0 Å². The van der Waals surface area contributed by atoms with Crippen molar-refractivity contribution in [3.05, 3.63) is 23.8 Å². The van der Waals surface area contributed by atoms with Crippen molar-refractivity contribution in [3.8, 4) is 0 Å². The summed E-state index contributed by atoms with van der Waals surface area (Å²) in [5.41, 5.74) is 1.22. The molecule has 8 heteroatoms. The molecule has 0 radical (unpaired) electrons. The lowest BCUT2D eigenvalue weighted by Crippen LogP contribution is -2.50. The van der Waals surface area contributed by atoms with Crippen LogP contribution >= 0.6 is 0 Å². The summed E-state index contributed by atoms with van der Waals surface area (Å²) >= 11 is 0. The number of hydrogen-bond acceptors (Lipinski definition) is 5. The zero-order valence-electron chi connectivity index (χ0n) is 18.6. The number of nitrogens with zero attached hydrogens (tertiary/aromatic N) is 3. The zero-order chi connectivity index (χ0) is 22.4. The Labute approximate surface area is 184 Å². The third-order valence-electron chi connectivity index (χ3n) is 6.07. The Hall–Kier alpha value is -2.61. The van der Waals surface area contributed by atoms with E-state index in [0.717, 1.165) is 57.8 Å². The number of carboxylic acids is 1. The van der Waals surface area contributed by atoms with Crippen LogP contribution < -0.4 is 10.2 Å². The van der Waals surface area contributed by atoms with Crippen LogP contribution in [0.25, 0.3) is 0 Å². The van der Waals surface area contributed by atoms with Gasteiger partial charge >= 0.3 is 5.97 Å². The van der Waals surface area contributed by atoms with Crippen molar-refractivity contribution >= 4 is 29.2 Å². The van der Waals surface area contributed by atoms with Crippen LogP contribution in [0.2, 0.25) is 0 Å². The van der Waals surface area contributed by atoms with Gasteiger partial charge in [-0.05, 0) is 31.0 Å². The number of nitrogens with one attached hydrogen (secondary N) is 1. The molecule has 2 amide bonds. The second-order valence-corrected chi connectivity index (χ2v) is 8.74. The van der Waals surface area contributed by atoms with Crippen LogP contribution in [0.15, 0.2) is 18.2 Å². The molecule has 1 aromatic carbocycles. The number of benzene rings is 1. The van der Waals surface area contributed by atoms with Crippen LogP contribution in [0, 0.1) is 5.92 Å². The SMILES string of the molecule is CC(C)C(=O)Nc1ccc(N2CCN(CC(=O)N3CCCCCC3)CC2)cc1C(=O)O. The molecule has 2 fully saturated rings. The summed E-state index contributed by atoms with van der Waals surface area (Å²) in [6.07, 6.45) is 4.61. The highest BCUT2D eigenvalue weighted by Gasteiger charge is 2.24. The van der Waals surface area contributed by atoms with Crippen LogP contribution in [0.3, 0.4) is 0 Å². The molecule has 8 nitrogen and oxygen atoms in total. The summed E-state index contributed by atoms with van der Waals surface area (Å²) in [5.74, 6) is -1.29. The molecule has 0 spiro atoms. The summed E-state index contributed by atoms with van der Waals surface area (Å²) in [5, 5.41) is 12.3. The first-order chi connectivity index (χ1) is 14.8. The average Bonchev–Trinajstić information content (AvgIpc) is 3.04. The van der Waals surface area contributed by atoms with Crippen molar-refractivity contribution in [1.29, 1.82) is 0 Å². The van der Waals surface area contributed by atoms with E-state index in [1.165, 1.54) is 12.8 Å². The van der Waals surface area contributed by atoms with Crippen molar-refractivity contribution in [1.82, 2.24) is 9.80 Å². The van der Waals surface area contributed by atoms with Gasteiger partial charge in [-0.3, -0.25) is 14.5 Å². The van der Waals surface area contributed by atoms with Gasteiger partial charge in [-0.2, -0.15) is 0 Å². The average molecular weight is 431 g/mol. The minimum Gasteiger partial charge on any atom is -0.478 e. The Morgan fingerprint density at radius 2 is 1.61 bits per heavy atom. The number of likely N-dealkylation sites (tertiary alicyclic amines) is 1. The number of rotatable bonds is 6. The number of hydrogen-bond donors (Lipinski definition) is 2. The van der Waals surface area contributed by atoms with E-state index in [0.29, 0.717) is 12.2 Å². The van der Waals surface area contributed by atoms with E-state index in [1.807, 2.05) is 11.0 Å². The van der Waals surface area contributed by atoms with Gasteiger partial charge in [-0.15, -0.1) is 0 Å². The predicted molar refractivity (Wildman–Crippen MR) is 121 cm³/mol. The maximum absolute atomic E-state index is 12.6. The standard InChI is InChI=1S/C23H34N4O4/c1-17(2)22(29)24-20-8-7-18(15-19(20)23(30)31)26-13-11-25(12-14-26)16-21(28)27-9-5-3-4-6-10-27/h7-8,15,17H,3-6,9-14,16H2,1-2H3,(H,24,29)(H,30,31). The Morgan fingerprint density at radius 1 is 0.968 bits per heavy atom. The molecular formula is C23H34N4O4. The molecule has 2 aliphatic heterocycles. The third kappa shape index (κ3) is 6.19. The molecule has 0 atom stereocenters. The van der Waals surface area contributed by atoms with E-state index in [4.69, 9.17) is 0 Å². The monoisotopic (exact) mass is 430 g/mol. The molecule has 0 aromatic heterocycles. The summed E-state index contributed by atoms with van der Waals surface area (Å²) in [7, 11) is 0. The topological polar surface area (TPSA) is 93.2 Å². The molecule has 170 valence electrons. The molecule has 2 heterocycles. The van der Waals surface area contributed by atoms with Crippen LogP contribution in [0.4, 0.5) is 11.4 Å². The van der Waals surface area contributed by atoms with Crippen LogP contribution in [-0.4, -0.2) is 78.5 Å². The lowest BCUT2D eigenvalue weighted by atomic mass is 10.1. The number of piperazine rings is 1. The normalized spacial score (nSPS) is 18.0. The minimum atomic E-state index is -1.07. The first kappa shape index (κ1) is 23.1. The smallest absolute Gasteiger partial charge is 0.337 e. The lowest BCUT2D eigenvalue weighted by molar-refractivity contribution is -0.132. The predicted octanol–water partition coefficient (Wildman–Crippen LogP) is 2.50. The van der Waals surface area contributed by atoms with Gasteiger partial charge in [-0.25, -0.2) is 4.79 Å². The molecule has 0 bridgehead atoms. The van der Waals surface area contributed by atoms with E-state index in [9.17, 15) is 19.5 Å². The van der Waals surface area contributed by atoms with Crippen molar-refractivity contribution in [3.63, 3.8) is 0 Å². The van der Waals surface area contributed by atoms with Crippen LogP contribution in [0.1, 0.15) is 49.9 Å². The number of anilines is 2. The summed E-state index contributed by atoms with van der Waals surface area (Å²) in [6, 6.07) is 5.13. The zero-order valence-corrected chi connectivity index (χ0v) is 18.6. The fourth-order valence-corrected chi connectivity index (χ4v) is 4.07. The largest absolute Gasteiger partial charge is 0.478 e. The van der Waals surface area contributed by atoms with Gasteiger partial charge in [0.15, 0.2) is 0 Å². The van der Waals surface area contributed by atoms with Crippen LogP contribution in [-0.2, 0) is 9.59 Å². The van der Waals surface area contributed by atoms with Gasteiger partial charge in [0, 0.05) is 50.9 Å². The Morgan fingerprint density at radius 3 is 2.19 bits per heavy atom. The van der Waals surface area contributed by atoms with Gasteiger partial charge in [-0.1, -0.05) is 26.7 Å². The van der Waals surface area contributed by atoms with Crippen molar-refractivity contribution < 1.29 is 19.5 Å². The minimum absolute atomic E-state index is 0.0882.